The Balaban J connectivity index is 2.49. The first-order chi connectivity index (χ1) is 14.3. The first-order valence-electron chi connectivity index (χ1n) is 11.2. The normalized spacial score (nSPS) is 14.2. The molecule has 31 heavy (non-hydrogen) atoms. The molecule has 0 N–H and O–H groups in total. The molecule has 0 bridgehead atoms. The van der Waals surface area contributed by atoms with Crippen molar-refractivity contribution in [3.8, 4) is 12.3 Å². The molecule has 0 unspecified atom stereocenters. The fraction of sp³-hybridized carbons (Fsp3) is 0.481. The van der Waals surface area contributed by atoms with Crippen molar-refractivity contribution in [2.45, 2.75) is 77.2 Å². The summed E-state index contributed by atoms with van der Waals surface area (Å²) in [6.07, 6.45) is 6.20. The molecule has 4 heteroatoms. The van der Waals surface area contributed by atoms with Crippen molar-refractivity contribution in [2.75, 3.05) is 6.61 Å². The lowest BCUT2D eigenvalue weighted by Crippen LogP contribution is -2.67. The molecule has 0 spiro atoms. The highest BCUT2D eigenvalue weighted by Crippen LogP contribution is 2.39. The van der Waals surface area contributed by atoms with Crippen molar-refractivity contribution in [1.29, 1.82) is 0 Å². The van der Waals surface area contributed by atoms with Crippen molar-refractivity contribution in [3.63, 3.8) is 0 Å². The van der Waals surface area contributed by atoms with Crippen molar-refractivity contribution >= 4 is 27.0 Å². The Morgan fingerprint density at radius 2 is 1.26 bits per heavy atom. The average Bonchev–Trinajstić information content (AvgIpc) is 2.68. The van der Waals surface area contributed by atoms with Crippen LogP contribution in [0.25, 0.3) is 0 Å². The molecule has 0 saturated carbocycles. The molecule has 0 amide bonds. The van der Waals surface area contributed by atoms with Gasteiger partial charge in [-0.25, -0.2) is 0 Å². The summed E-state index contributed by atoms with van der Waals surface area (Å²) in [5.41, 5.74) is 0. The Kier molecular flexibility index (Phi) is 8.16. The van der Waals surface area contributed by atoms with E-state index >= 15 is 0 Å². The second kappa shape index (κ2) is 9.87. The minimum Gasteiger partial charge on any atom is -0.411 e. The zero-order valence-corrected chi connectivity index (χ0v) is 22.7. The van der Waals surface area contributed by atoms with Crippen molar-refractivity contribution < 1.29 is 8.85 Å². The van der Waals surface area contributed by atoms with E-state index in [0.717, 1.165) is 0 Å². The summed E-state index contributed by atoms with van der Waals surface area (Å²) < 4.78 is 13.8. The SMILES string of the molecule is C#CC[C@@H](CO[Si](c1ccccc1)(c1ccccc1)C(C)(C)C)O[Si](C)(C)C(C)(C)C. The van der Waals surface area contributed by atoms with Gasteiger partial charge < -0.3 is 8.85 Å². The van der Waals surface area contributed by atoms with Crippen LogP contribution in [0.3, 0.4) is 0 Å². The molecule has 0 saturated heterocycles. The summed E-state index contributed by atoms with van der Waals surface area (Å²) in [4.78, 5) is 0. The van der Waals surface area contributed by atoms with E-state index in [0.29, 0.717) is 13.0 Å². The van der Waals surface area contributed by atoms with Crippen molar-refractivity contribution in [1.82, 2.24) is 0 Å². The Labute approximate surface area is 192 Å². The number of rotatable bonds is 8. The van der Waals surface area contributed by atoms with Crippen molar-refractivity contribution in [3.05, 3.63) is 60.7 Å². The fourth-order valence-electron chi connectivity index (χ4n) is 3.84. The number of benzene rings is 2. The van der Waals surface area contributed by atoms with Gasteiger partial charge in [0.2, 0.25) is 0 Å². The lowest BCUT2D eigenvalue weighted by molar-refractivity contribution is 0.113. The quantitative estimate of drug-likeness (QED) is 0.362. The monoisotopic (exact) mass is 452 g/mol. The highest BCUT2D eigenvalue weighted by molar-refractivity contribution is 6.99. The molecule has 0 aliphatic heterocycles. The van der Waals surface area contributed by atoms with Gasteiger partial charge >= 0.3 is 0 Å². The van der Waals surface area contributed by atoms with E-state index in [9.17, 15) is 0 Å². The first-order valence-corrected chi connectivity index (χ1v) is 16.0. The third-order valence-corrected chi connectivity index (χ3v) is 16.1. The lowest BCUT2D eigenvalue weighted by Gasteiger charge is -2.45. The summed E-state index contributed by atoms with van der Waals surface area (Å²) in [5, 5.41) is 2.62. The van der Waals surface area contributed by atoms with Gasteiger partial charge in [0.15, 0.2) is 8.32 Å². The van der Waals surface area contributed by atoms with Gasteiger partial charge in [-0.05, 0) is 33.5 Å². The molecular formula is C27H40O2Si2. The maximum atomic E-state index is 7.08. The third kappa shape index (κ3) is 5.78. The summed E-state index contributed by atoms with van der Waals surface area (Å²) in [6, 6.07) is 21.5. The molecule has 0 radical (unpaired) electrons. The van der Waals surface area contributed by atoms with Crippen LogP contribution < -0.4 is 10.4 Å². The zero-order valence-electron chi connectivity index (χ0n) is 20.7. The van der Waals surface area contributed by atoms with Gasteiger partial charge in [-0.3, -0.25) is 0 Å². The smallest absolute Gasteiger partial charge is 0.261 e. The number of terminal acetylenes is 1. The first kappa shape index (κ1) is 25.6. The summed E-state index contributed by atoms with van der Waals surface area (Å²) in [7, 11) is -4.56. The van der Waals surface area contributed by atoms with E-state index < -0.39 is 16.6 Å². The van der Waals surface area contributed by atoms with Crippen LogP contribution in [0.2, 0.25) is 23.2 Å². The maximum Gasteiger partial charge on any atom is 0.261 e. The molecule has 0 aromatic heterocycles. The summed E-state index contributed by atoms with van der Waals surface area (Å²) >= 11 is 0. The Hall–Kier alpha value is -1.65. The second-order valence-electron chi connectivity index (χ2n) is 10.9. The number of hydrogen-bond acceptors (Lipinski definition) is 2. The third-order valence-electron chi connectivity index (χ3n) is 6.52. The van der Waals surface area contributed by atoms with Gasteiger partial charge in [-0.1, -0.05) is 102 Å². The highest BCUT2D eigenvalue weighted by atomic mass is 28.4. The summed E-state index contributed by atoms with van der Waals surface area (Å²) in [6.45, 7) is 18.7. The van der Waals surface area contributed by atoms with E-state index in [-0.39, 0.29) is 16.2 Å². The minimum atomic E-state index is -2.60. The van der Waals surface area contributed by atoms with Crippen LogP contribution in [0.5, 0.6) is 0 Å². The van der Waals surface area contributed by atoms with Crippen LogP contribution in [-0.2, 0) is 8.85 Å². The highest BCUT2D eigenvalue weighted by Gasteiger charge is 2.50. The summed E-state index contributed by atoms with van der Waals surface area (Å²) in [5.74, 6) is 2.83. The molecule has 2 nitrogen and oxygen atoms in total. The van der Waals surface area contributed by atoms with E-state index in [2.05, 4.69) is 121 Å². The molecule has 0 heterocycles. The molecule has 0 fully saturated rings. The second-order valence-corrected chi connectivity index (χ2v) is 19.9. The molecule has 0 aliphatic carbocycles. The molecule has 2 aromatic carbocycles. The van der Waals surface area contributed by atoms with Gasteiger partial charge in [0.25, 0.3) is 8.32 Å². The molecule has 1 atom stereocenters. The van der Waals surface area contributed by atoms with Crippen LogP contribution in [0.4, 0.5) is 0 Å². The van der Waals surface area contributed by atoms with Crippen LogP contribution in [-0.4, -0.2) is 29.3 Å². The van der Waals surface area contributed by atoms with E-state index in [1.54, 1.807) is 0 Å². The van der Waals surface area contributed by atoms with Gasteiger partial charge in [0.1, 0.15) is 0 Å². The van der Waals surface area contributed by atoms with Gasteiger partial charge in [0.05, 0.1) is 12.7 Å². The predicted octanol–water partition coefficient (Wildman–Crippen LogP) is 5.98. The zero-order chi connectivity index (χ0) is 23.3. The Morgan fingerprint density at radius 3 is 1.61 bits per heavy atom. The Morgan fingerprint density at radius 1 is 0.806 bits per heavy atom. The van der Waals surface area contributed by atoms with Gasteiger partial charge in [-0.15, -0.1) is 12.3 Å². The van der Waals surface area contributed by atoms with E-state index in [1.165, 1.54) is 10.4 Å². The topological polar surface area (TPSA) is 18.5 Å². The molecule has 0 aliphatic rings. The molecular weight excluding hydrogens is 412 g/mol. The van der Waals surface area contributed by atoms with E-state index in [1.807, 2.05) is 0 Å². The molecule has 2 aromatic rings. The fourth-order valence-corrected chi connectivity index (χ4v) is 9.77. The number of hydrogen-bond donors (Lipinski definition) is 0. The average molecular weight is 453 g/mol. The molecule has 168 valence electrons. The Bertz CT molecular complexity index is 817. The lowest BCUT2D eigenvalue weighted by atomic mass is 10.2. The van der Waals surface area contributed by atoms with Gasteiger partial charge in [0, 0.05) is 6.42 Å². The van der Waals surface area contributed by atoms with E-state index in [4.69, 9.17) is 15.3 Å². The van der Waals surface area contributed by atoms with Crippen molar-refractivity contribution in [2.24, 2.45) is 0 Å². The van der Waals surface area contributed by atoms with Gasteiger partial charge in [-0.2, -0.15) is 0 Å². The minimum absolute atomic E-state index is 0.0621. The molecule has 2 rings (SSSR count). The van der Waals surface area contributed by atoms with Crippen LogP contribution in [0, 0.1) is 12.3 Å². The van der Waals surface area contributed by atoms with Crippen LogP contribution in [0.1, 0.15) is 48.0 Å². The van der Waals surface area contributed by atoms with Crippen LogP contribution in [0.15, 0.2) is 60.7 Å². The van der Waals surface area contributed by atoms with Crippen LogP contribution >= 0.6 is 0 Å². The standard InChI is InChI=1S/C27H40O2Si2/c1-10-17-23(29-30(8,9)26(2,3)4)22-28-31(27(5,6)7,24-18-13-11-14-19-24)25-20-15-12-16-21-25/h1,11-16,18-21,23H,17,22H2,2-9H3/t23-/m0/s1. The largest absolute Gasteiger partial charge is 0.411 e. The maximum absolute atomic E-state index is 7.08. The predicted molar refractivity (Wildman–Crippen MR) is 139 cm³/mol.